The summed E-state index contributed by atoms with van der Waals surface area (Å²) in [5, 5.41) is 2.70. The fraction of sp³-hybridized carbons (Fsp3) is 0.385. The van der Waals surface area contributed by atoms with Crippen molar-refractivity contribution in [2.45, 2.75) is 25.4 Å². The van der Waals surface area contributed by atoms with Crippen LogP contribution >= 0.6 is 12.2 Å². The first-order chi connectivity index (χ1) is 8.92. The zero-order valence-electron chi connectivity index (χ0n) is 10.5. The molecule has 1 heterocycles. The van der Waals surface area contributed by atoms with Crippen LogP contribution in [0.1, 0.15) is 25.3 Å². The van der Waals surface area contributed by atoms with Crippen LogP contribution in [0.4, 0.5) is 10.1 Å². The standard InChI is InChI=1S/C13H15FN2O2S/c1-13(5-2-6-18-13)12(17)16-8-3-4-10(14)9(7-8)11(15)19/h3-4,7H,2,5-6H2,1H3,(H2,15,19)(H,16,17). The molecule has 1 aromatic rings. The number of anilines is 1. The van der Waals surface area contributed by atoms with Gasteiger partial charge in [-0.1, -0.05) is 12.2 Å². The van der Waals surface area contributed by atoms with Gasteiger partial charge in [0.1, 0.15) is 16.4 Å². The number of benzene rings is 1. The van der Waals surface area contributed by atoms with Gasteiger partial charge in [0, 0.05) is 17.9 Å². The van der Waals surface area contributed by atoms with Crippen molar-refractivity contribution in [1.82, 2.24) is 0 Å². The van der Waals surface area contributed by atoms with E-state index in [-0.39, 0.29) is 16.5 Å². The van der Waals surface area contributed by atoms with E-state index >= 15 is 0 Å². The second-order valence-corrected chi connectivity index (χ2v) is 5.14. The molecule has 0 aliphatic carbocycles. The zero-order valence-corrected chi connectivity index (χ0v) is 11.3. The molecule has 1 fully saturated rings. The van der Waals surface area contributed by atoms with Gasteiger partial charge in [-0.15, -0.1) is 0 Å². The molecule has 4 nitrogen and oxygen atoms in total. The summed E-state index contributed by atoms with van der Waals surface area (Å²) in [5.74, 6) is -0.751. The molecule has 1 aliphatic heterocycles. The SMILES string of the molecule is CC1(C(=O)Nc2ccc(F)c(C(N)=S)c2)CCCO1. The molecule has 1 saturated heterocycles. The van der Waals surface area contributed by atoms with E-state index < -0.39 is 11.4 Å². The monoisotopic (exact) mass is 282 g/mol. The van der Waals surface area contributed by atoms with Crippen molar-refractivity contribution in [2.24, 2.45) is 5.73 Å². The van der Waals surface area contributed by atoms with Gasteiger partial charge in [0.05, 0.1) is 0 Å². The molecule has 2 rings (SSSR count). The van der Waals surface area contributed by atoms with Crippen molar-refractivity contribution in [3.8, 4) is 0 Å². The summed E-state index contributed by atoms with van der Waals surface area (Å²) in [6.45, 7) is 2.32. The molecule has 0 saturated carbocycles. The number of carbonyl (C=O) groups is 1. The van der Waals surface area contributed by atoms with Crippen LogP contribution in [0.5, 0.6) is 0 Å². The molecule has 0 radical (unpaired) electrons. The fourth-order valence-electron chi connectivity index (χ4n) is 2.01. The minimum Gasteiger partial charge on any atom is -0.389 e. The summed E-state index contributed by atoms with van der Waals surface area (Å²) in [4.78, 5) is 12.1. The third kappa shape index (κ3) is 2.90. The van der Waals surface area contributed by atoms with Gasteiger partial charge >= 0.3 is 0 Å². The van der Waals surface area contributed by atoms with Crippen molar-refractivity contribution in [2.75, 3.05) is 11.9 Å². The highest BCUT2D eigenvalue weighted by atomic mass is 32.1. The smallest absolute Gasteiger partial charge is 0.256 e. The van der Waals surface area contributed by atoms with Crippen molar-refractivity contribution >= 4 is 28.8 Å². The molecule has 0 spiro atoms. The number of carbonyl (C=O) groups excluding carboxylic acids is 1. The van der Waals surface area contributed by atoms with Crippen molar-refractivity contribution in [3.05, 3.63) is 29.6 Å². The lowest BCUT2D eigenvalue weighted by Crippen LogP contribution is -2.39. The number of thiocarbonyl (C=S) groups is 1. The molecule has 3 N–H and O–H groups in total. The van der Waals surface area contributed by atoms with E-state index in [0.29, 0.717) is 18.7 Å². The zero-order chi connectivity index (χ0) is 14.0. The number of nitrogens with one attached hydrogen (secondary N) is 1. The summed E-state index contributed by atoms with van der Waals surface area (Å²) in [6, 6.07) is 4.11. The number of amides is 1. The maximum Gasteiger partial charge on any atom is 0.256 e. The minimum absolute atomic E-state index is 0.0445. The van der Waals surface area contributed by atoms with Crippen molar-refractivity contribution in [1.29, 1.82) is 0 Å². The van der Waals surface area contributed by atoms with E-state index in [1.54, 1.807) is 6.92 Å². The molecule has 0 aromatic heterocycles. The first-order valence-electron chi connectivity index (χ1n) is 5.97. The number of hydrogen-bond donors (Lipinski definition) is 2. The molecule has 1 unspecified atom stereocenters. The van der Waals surface area contributed by atoms with Crippen LogP contribution in [0.3, 0.4) is 0 Å². The lowest BCUT2D eigenvalue weighted by atomic mass is 10.0. The molecule has 1 aromatic carbocycles. The Morgan fingerprint density at radius 2 is 2.32 bits per heavy atom. The summed E-state index contributed by atoms with van der Waals surface area (Å²) in [6.07, 6.45) is 1.52. The van der Waals surface area contributed by atoms with Crippen molar-refractivity contribution in [3.63, 3.8) is 0 Å². The van der Waals surface area contributed by atoms with Gasteiger partial charge < -0.3 is 15.8 Å². The number of ether oxygens (including phenoxy) is 1. The number of rotatable bonds is 3. The Bertz CT molecular complexity index is 527. The lowest BCUT2D eigenvalue weighted by molar-refractivity contribution is -0.133. The Labute approximate surface area is 116 Å². The Balaban J connectivity index is 2.17. The molecule has 6 heteroatoms. The lowest BCUT2D eigenvalue weighted by Gasteiger charge is -2.22. The maximum absolute atomic E-state index is 13.4. The summed E-state index contributed by atoms with van der Waals surface area (Å²) >= 11 is 4.75. The van der Waals surface area contributed by atoms with E-state index in [1.165, 1.54) is 18.2 Å². The first-order valence-corrected chi connectivity index (χ1v) is 6.38. The summed E-state index contributed by atoms with van der Waals surface area (Å²) in [7, 11) is 0. The van der Waals surface area contributed by atoms with Gasteiger partial charge in [0.2, 0.25) is 0 Å². The topological polar surface area (TPSA) is 64.4 Å². The van der Waals surface area contributed by atoms with E-state index in [4.69, 9.17) is 22.7 Å². The predicted molar refractivity (Wildman–Crippen MR) is 74.5 cm³/mol. The van der Waals surface area contributed by atoms with E-state index in [0.717, 1.165) is 6.42 Å². The third-order valence-electron chi connectivity index (χ3n) is 3.19. The van der Waals surface area contributed by atoms with Crippen LogP contribution in [0.15, 0.2) is 18.2 Å². The Morgan fingerprint density at radius 3 is 2.89 bits per heavy atom. The summed E-state index contributed by atoms with van der Waals surface area (Å²) < 4.78 is 18.9. The van der Waals surface area contributed by atoms with Crippen LogP contribution in [-0.2, 0) is 9.53 Å². The Hall–Kier alpha value is -1.53. The molecule has 1 atom stereocenters. The average molecular weight is 282 g/mol. The third-order valence-corrected chi connectivity index (χ3v) is 3.41. The van der Waals surface area contributed by atoms with Gasteiger partial charge in [0.25, 0.3) is 5.91 Å². The number of hydrogen-bond acceptors (Lipinski definition) is 3. The quantitative estimate of drug-likeness (QED) is 0.832. The van der Waals surface area contributed by atoms with E-state index in [9.17, 15) is 9.18 Å². The average Bonchev–Trinajstić information content (AvgIpc) is 2.79. The van der Waals surface area contributed by atoms with Gasteiger partial charge in [-0.25, -0.2) is 4.39 Å². The van der Waals surface area contributed by atoms with Gasteiger partial charge in [-0.05, 0) is 38.0 Å². The normalized spacial score (nSPS) is 22.2. The molecule has 102 valence electrons. The highest BCUT2D eigenvalue weighted by molar-refractivity contribution is 7.80. The molecule has 0 bridgehead atoms. The first kappa shape index (κ1) is 13.9. The highest BCUT2D eigenvalue weighted by Crippen LogP contribution is 2.27. The van der Waals surface area contributed by atoms with E-state index in [2.05, 4.69) is 5.32 Å². The van der Waals surface area contributed by atoms with Gasteiger partial charge in [-0.2, -0.15) is 0 Å². The largest absolute Gasteiger partial charge is 0.389 e. The van der Waals surface area contributed by atoms with Crippen LogP contribution < -0.4 is 11.1 Å². The Morgan fingerprint density at radius 1 is 1.58 bits per heavy atom. The van der Waals surface area contributed by atoms with E-state index in [1.807, 2.05) is 0 Å². The van der Waals surface area contributed by atoms with Crippen LogP contribution in [-0.4, -0.2) is 23.1 Å². The molecule has 19 heavy (non-hydrogen) atoms. The van der Waals surface area contributed by atoms with Crippen molar-refractivity contribution < 1.29 is 13.9 Å². The second kappa shape index (κ2) is 5.22. The number of nitrogens with two attached hydrogens (primary N) is 1. The second-order valence-electron chi connectivity index (χ2n) is 4.70. The fourth-order valence-corrected chi connectivity index (χ4v) is 2.17. The Kier molecular flexibility index (Phi) is 3.82. The molecule has 1 aliphatic rings. The van der Waals surface area contributed by atoms with Crippen LogP contribution in [0, 0.1) is 5.82 Å². The molecule has 1 amide bonds. The van der Waals surface area contributed by atoms with Gasteiger partial charge in [0.15, 0.2) is 0 Å². The molecular weight excluding hydrogens is 267 g/mol. The summed E-state index contributed by atoms with van der Waals surface area (Å²) in [5.41, 5.74) is 5.16. The maximum atomic E-state index is 13.4. The molecular formula is C13H15FN2O2S. The van der Waals surface area contributed by atoms with Crippen LogP contribution in [0.2, 0.25) is 0 Å². The predicted octanol–water partition coefficient (Wildman–Crippen LogP) is 1.97. The van der Waals surface area contributed by atoms with Gasteiger partial charge in [-0.3, -0.25) is 4.79 Å². The minimum atomic E-state index is -0.822. The van der Waals surface area contributed by atoms with Crippen LogP contribution in [0.25, 0.3) is 0 Å². The highest BCUT2D eigenvalue weighted by Gasteiger charge is 2.37. The number of halogens is 1.